The summed E-state index contributed by atoms with van der Waals surface area (Å²) in [6.07, 6.45) is 5.39. The number of benzene rings is 1. The molecule has 4 N–H and O–H groups in total. The molecule has 1 amide bonds. The van der Waals surface area contributed by atoms with E-state index in [-0.39, 0.29) is 17.0 Å². The summed E-state index contributed by atoms with van der Waals surface area (Å²) in [6.45, 7) is 0. The van der Waals surface area contributed by atoms with E-state index in [2.05, 4.69) is 9.98 Å². The summed E-state index contributed by atoms with van der Waals surface area (Å²) in [5, 5.41) is 0.268. The van der Waals surface area contributed by atoms with Crippen molar-refractivity contribution in [1.82, 2.24) is 0 Å². The number of nitrogens with two attached hydrogens (primary N) is 2. The van der Waals surface area contributed by atoms with Crippen LogP contribution in [0.3, 0.4) is 0 Å². The van der Waals surface area contributed by atoms with Crippen LogP contribution < -0.4 is 11.5 Å². The number of carbonyl (C=O) groups excluding carboxylic acids is 1. The Labute approximate surface area is 114 Å². The van der Waals surface area contributed by atoms with E-state index in [1.807, 2.05) is 36.4 Å². The molecule has 0 spiro atoms. The van der Waals surface area contributed by atoms with Crippen molar-refractivity contribution < 1.29 is 4.79 Å². The van der Waals surface area contributed by atoms with Gasteiger partial charge in [0, 0.05) is 0 Å². The van der Waals surface area contributed by atoms with E-state index < -0.39 is 0 Å². The fourth-order valence-corrected chi connectivity index (χ4v) is 2.14. The molecule has 19 heavy (non-hydrogen) atoms. The van der Waals surface area contributed by atoms with E-state index in [4.69, 9.17) is 11.5 Å². The van der Waals surface area contributed by atoms with E-state index in [0.717, 1.165) is 17.3 Å². The largest absolute Gasteiger partial charge is 0.370 e. The molecule has 0 aromatic heterocycles. The first-order valence-electron chi connectivity index (χ1n) is 5.49. The second-order valence-corrected chi connectivity index (χ2v) is 4.65. The highest BCUT2D eigenvalue weighted by atomic mass is 32.2. The van der Waals surface area contributed by atoms with Crippen molar-refractivity contribution in [1.29, 1.82) is 0 Å². The second-order valence-electron chi connectivity index (χ2n) is 3.64. The number of amidine groups is 1. The maximum Gasteiger partial charge on any atom is 0.286 e. The van der Waals surface area contributed by atoms with Gasteiger partial charge in [-0.2, -0.15) is 9.98 Å². The highest BCUT2D eigenvalue weighted by molar-refractivity contribution is 8.18. The van der Waals surface area contributed by atoms with Crippen molar-refractivity contribution in [3.05, 3.63) is 53.0 Å². The van der Waals surface area contributed by atoms with E-state index >= 15 is 0 Å². The SMILES string of the molecule is NC(N)=NC1=NC(=O)/C(=C/C=C/c2ccccc2)S1. The molecule has 0 atom stereocenters. The van der Waals surface area contributed by atoms with E-state index in [0.29, 0.717) is 4.91 Å². The predicted molar refractivity (Wildman–Crippen MR) is 79.4 cm³/mol. The minimum Gasteiger partial charge on any atom is -0.370 e. The molecule has 0 saturated heterocycles. The summed E-state index contributed by atoms with van der Waals surface area (Å²) in [5.41, 5.74) is 11.5. The molecule has 0 saturated carbocycles. The Bertz CT molecular complexity index is 598. The topological polar surface area (TPSA) is 93.8 Å². The van der Waals surface area contributed by atoms with Gasteiger partial charge in [-0.1, -0.05) is 42.5 Å². The first kappa shape index (κ1) is 13.1. The number of nitrogens with zero attached hydrogens (tertiary/aromatic N) is 2. The Morgan fingerprint density at radius 3 is 2.68 bits per heavy atom. The van der Waals surface area contributed by atoms with Gasteiger partial charge in [-0.25, -0.2) is 0 Å². The first-order valence-corrected chi connectivity index (χ1v) is 6.31. The van der Waals surface area contributed by atoms with Crippen LogP contribution in [-0.4, -0.2) is 17.0 Å². The van der Waals surface area contributed by atoms with Gasteiger partial charge in [0.1, 0.15) is 0 Å². The molecule has 0 bridgehead atoms. The van der Waals surface area contributed by atoms with Crippen LogP contribution in [-0.2, 0) is 4.79 Å². The zero-order valence-electron chi connectivity index (χ0n) is 9.98. The third-order valence-corrected chi connectivity index (χ3v) is 3.07. The average molecular weight is 272 g/mol. The van der Waals surface area contributed by atoms with Gasteiger partial charge in [-0.15, -0.1) is 0 Å². The van der Waals surface area contributed by atoms with Gasteiger partial charge in [-0.3, -0.25) is 4.79 Å². The van der Waals surface area contributed by atoms with Crippen molar-refractivity contribution in [3.63, 3.8) is 0 Å². The summed E-state index contributed by atoms with van der Waals surface area (Å²) < 4.78 is 0. The molecule has 96 valence electrons. The fourth-order valence-electron chi connectivity index (χ4n) is 1.38. The number of thioether (sulfide) groups is 1. The number of carbonyl (C=O) groups is 1. The molecule has 6 heteroatoms. The second kappa shape index (κ2) is 6.01. The number of guanidine groups is 1. The normalized spacial score (nSPS) is 16.9. The molecule has 1 aromatic carbocycles. The molecule has 1 aliphatic heterocycles. The lowest BCUT2D eigenvalue weighted by molar-refractivity contribution is -0.113. The van der Waals surface area contributed by atoms with Crippen molar-refractivity contribution in [2.45, 2.75) is 0 Å². The molecule has 2 rings (SSSR count). The Balaban J connectivity index is 2.05. The van der Waals surface area contributed by atoms with Crippen molar-refractivity contribution in [2.24, 2.45) is 21.5 Å². The van der Waals surface area contributed by atoms with Crippen LogP contribution >= 0.6 is 11.8 Å². The van der Waals surface area contributed by atoms with Crippen molar-refractivity contribution in [3.8, 4) is 0 Å². The summed E-state index contributed by atoms with van der Waals surface area (Å²) in [5.74, 6) is -0.442. The molecule has 1 aliphatic rings. The molecule has 1 heterocycles. The average Bonchev–Trinajstić information content (AvgIpc) is 2.70. The summed E-state index contributed by atoms with van der Waals surface area (Å²) in [6, 6.07) is 9.78. The Morgan fingerprint density at radius 1 is 1.26 bits per heavy atom. The molecular weight excluding hydrogens is 260 g/mol. The van der Waals surface area contributed by atoms with Gasteiger partial charge < -0.3 is 11.5 Å². The Morgan fingerprint density at radius 2 is 2.00 bits per heavy atom. The molecule has 0 radical (unpaired) electrons. The Hall–Kier alpha value is -2.34. The van der Waals surface area contributed by atoms with Crippen LogP contribution in [0.15, 0.2) is 57.4 Å². The highest BCUT2D eigenvalue weighted by Gasteiger charge is 2.20. The fraction of sp³-hybridized carbons (Fsp3) is 0. The summed E-state index contributed by atoms with van der Waals surface area (Å²) in [7, 11) is 0. The van der Waals surface area contributed by atoms with Gasteiger partial charge in [0.25, 0.3) is 5.91 Å². The number of rotatable bonds is 2. The van der Waals surface area contributed by atoms with Crippen LogP contribution in [0, 0.1) is 0 Å². The van der Waals surface area contributed by atoms with Crippen molar-refractivity contribution >= 4 is 34.9 Å². The van der Waals surface area contributed by atoms with Crippen LogP contribution in [0.25, 0.3) is 6.08 Å². The van der Waals surface area contributed by atoms with Crippen LogP contribution in [0.2, 0.25) is 0 Å². The molecule has 0 fully saturated rings. The molecular formula is C13H12N4OS. The third-order valence-electron chi connectivity index (χ3n) is 2.17. The van der Waals surface area contributed by atoms with Gasteiger partial charge in [0.15, 0.2) is 11.1 Å². The lowest BCUT2D eigenvalue weighted by Crippen LogP contribution is -2.23. The lowest BCUT2D eigenvalue weighted by atomic mass is 10.2. The maximum atomic E-state index is 11.5. The Kier molecular flexibility index (Phi) is 4.15. The molecule has 0 unspecified atom stereocenters. The van der Waals surface area contributed by atoms with Gasteiger partial charge >= 0.3 is 0 Å². The minimum absolute atomic E-state index is 0.111. The van der Waals surface area contributed by atoms with E-state index in [1.54, 1.807) is 12.2 Å². The maximum absolute atomic E-state index is 11.5. The summed E-state index contributed by atoms with van der Waals surface area (Å²) >= 11 is 1.15. The zero-order chi connectivity index (χ0) is 13.7. The number of allylic oxidation sites excluding steroid dienone is 2. The van der Waals surface area contributed by atoms with Gasteiger partial charge in [0.05, 0.1) is 4.91 Å². The third kappa shape index (κ3) is 3.82. The lowest BCUT2D eigenvalue weighted by Gasteiger charge is -1.91. The number of amides is 1. The number of hydrogen-bond acceptors (Lipinski definition) is 3. The van der Waals surface area contributed by atoms with Crippen LogP contribution in [0.4, 0.5) is 0 Å². The molecule has 5 nitrogen and oxygen atoms in total. The van der Waals surface area contributed by atoms with Crippen LogP contribution in [0.5, 0.6) is 0 Å². The first-order chi connectivity index (χ1) is 9.15. The van der Waals surface area contributed by atoms with E-state index in [1.165, 1.54) is 0 Å². The highest BCUT2D eigenvalue weighted by Crippen LogP contribution is 2.26. The minimum atomic E-state index is -0.331. The van der Waals surface area contributed by atoms with Gasteiger partial charge in [0.2, 0.25) is 0 Å². The standard InChI is InChI=1S/C13H12N4OS/c14-12(15)17-13-16-11(18)10(19-13)8-4-7-9-5-2-1-3-6-9/h1-8H,(H4,14,15,16,17,18)/b7-4+,10-8-. The van der Waals surface area contributed by atoms with E-state index in [9.17, 15) is 4.79 Å². The molecule has 1 aromatic rings. The number of hydrogen-bond donors (Lipinski definition) is 2. The summed E-state index contributed by atoms with van der Waals surface area (Å²) in [4.78, 5) is 19.5. The monoisotopic (exact) mass is 272 g/mol. The zero-order valence-corrected chi connectivity index (χ0v) is 10.8. The molecule has 0 aliphatic carbocycles. The van der Waals surface area contributed by atoms with Gasteiger partial charge in [-0.05, 0) is 23.4 Å². The van der Waals surface area contributed by atoms with Crippen LogP contribution in [0.1, 0.15) is 5.56 Å². The smallest absolute Gasteiger partial charge is 0.286 e. The quantitative estimate of drug-likeness (QED) is 0.484. The number of aliphatic imine (C=N–C) groups is 2. The predicted octanol–water partition coefficient (Wildman–Crippen LogP) is 1.49. The van der Waals surface area contributed by atoms with Crippen molar-refractivity contribution in [2.75, 3.05) is 0 Å².